The molecule has 72 valence electrons. The number of H-pyrrole nitrogens is 1. The Hall–Kier alpha value is -0.850. The minimum Gasteiger partial charge on any atom is -0.367 e. The van der Waals surface area contributed by atoms with E-state index >= 15 is 0 Å². The van der Waals surface area contributed by atoms with Crippen LogP contribution in [0.1, 0.15) is 12.8 Å². The third-order valence-corrected chi connectivity index (χ3v) is 3.13. The molecule has 3 rings (SSSR count). The van der Waals surface area contributed by atoms with Crippen LogP contribution in [-0.2, 0) is 0 Å². The number of hydrogen-bond donors (Lipinski definition) is 2. The van der Waals surface area contributed by atoms with E-state index in [1.54, 1.807) is 6.20 Å². The van der Waals surface area contributed by atoms with E-state index in [9.17, 15) is 0 Å². The van der Waals surface area contributed by atoms with Crippen molar-refractivity contribution in [2.45, 2.75) is 18.9 Å². The van der Waals surface area contributed by atoms with Crippen LogP contribution < -0.4 is 5.32 Å². The van der Waals surface area contributed by atoms with E-state index in [0.717, 1.165) is 20.4 Å². The van der Waals surface area contributed by atoms with Gasteiger partial charge in [0.15, 0.2) is 0 Å². The minimum absolute atomic E-state index is 0.624. The van der Waals surface area contributed by atoms with Gasteiger partial charge in [0.1, 0.15) is 9.52 Å². The number of halogens is 1. The lowest BCUT2D eigenvalue weighted by molar-refractivity contribution is 1.09. The summed E-state index contributed by atoms with van der Waals surface area (Å²) in [5.74, 6) is 0.961. The van der Waals surface area contributed by atoms with Crippen molar-refractivity contribution in [1.29, 1.82) is 0 Å². The molecule has 2 heterocycles. The second-order valence-electron chi connectivity index (χ2n) is 3.52. The highest BCUT2D eigenvalue weighted by Gasteiger charge is 2.22. The molecular weight excluding hydrogens is 291 g/mol. The molecule has 1 fully saturated rings. The first-order chi connectivity index (χ1) is 6.84. The standard InChI is InChI=1S/C9H9IN4/c10-8-7-6(13-14-8)3-4-11-9(7)12-5-1-2-5/h3-5H,1-2H2,(H,11,12)(H,13,14). The molecule has 0 amide bonds. The molecule has 1 aliphatic carbocycles. The molecule has 1 saturated carbocycles. The number of fused-ring (bicyclic) bond motifs is 1. The fourth-order valence-corrected chi connectivity index (χ4v) is 2.13. The number of hydrogen-bond acceptors (Lipinski definition) is 3. The number of anilines is 1. The van der Waals surface area contributed by atoms with Crippen LogP contribution in [0.15, 0.2) is 12.3 Å². The maximum atomic E-state index is 4.34. The number of rotatable bonds is 2. The van der Waals surface area contributed by atoms with Gasteiger partial charge < -0.3 is 5.32 Å². The van der Waals surface area contributed by atoms with Gasteiger partial charge in [-0.25, -0.2) is 4.98 Å². The van der Waals surface area contributed by atoms with Gasteiger partial charge in [-0.2, -0.15) is 5.10 Å². The van der Waals surface area contributed by atoms with Crippen molar-refractivity contribution in [3.8, 4) is 0 Å². The Labute approximate surface area is 94.6 Å². The van der Waals surface area contributed by atoms with Gasteiger partial charge in [-0.3, -0.25) is 5.10 Å². The van der Waals surface area contributed by atoms with Crippen LogP contribution in [0.3, 0.4) is 0 Å². The lowest BCUT2D eigenvalue weighted by Crippen LogP contribution is -2.03. The van der Waals surface area contributed by atoms with Crippen molar-refractivity contribution in [2.75, 3.05) is 5.32 Å². The van der Waals surface area contributed by atoms with Crippen LogP contribution in [0, 0.1) is 3.70 Å². The Balaban J connectivity index is 2.14. The van der Waals surface area contributed by atoms with Crippen LogP contribution in [0.25, 0.3) is 10.9 Å². The van der Waals surface area contributed by atoms with Gasteiger partial charge in [-0.1, -0.05) is 0 Å². The number of nitrogens with zero attached hydrogens (tertiary/aromatic N) is 2. The van der Waals surface area contributed by atoms with Gasteiger partial charge in [0.25, 0.3) is 0 Å². The first kappa shape index (κ1) is 8.46. The Bertz CT molecular complexity index is 475. The quantitative estimate of drug-likeness (QED) is 0.836. The number of pyridine rings is 1. The summed E-state index contributed by atoms with van der Waals surface area (Å²) >= 11 is 2.22. The van der Waals surface area contributed by atoms with Gasteiger partial charge in [0.2, 0.25) is 0 Å². The maximum absolute atomic E-state index is 4.34. The molecule has 4 nitrogen and oxygen atoms in total. The molecule has 2 aromatic rings. The molecule has 0 unspecified atom stereocenters. The molecule has 0 aliphatic heterocycles. The van der Waals surface area contributed by atoms with E-state index in [4.69, 9.17) is 0 Å². The largest absolute Gasteiger partial charge is 0.367 e. The summed E-state index contributed by atoms with van der Waals surface area (Å²) in [6, 6.07) is 2.57. The molecule has 0 radical (unpaired) electrons. The third kappa shape index (κ3) is 1.35. The fraction of sp³-hybridized carbons (Fsp3) is 0.333. The maximum Gasteiger partial charge on any atom is 0.138 e. The number of aromatic nitrogens is 3. The Kier molecular flexibility index (Phi) is 1.86. The average molecular weight is 300 g/mol. The second-order valence-corrected chi connectivity index (χ2v) is 4.54. The molecule has 0 saturated heterocycles. The van der Waals surface area contributed by atoms with Crippen LogP contribution in [0.5, 0.6) is 0 Å². The number of aromatic amines is 1. The topological polar surface area (TPSA) is 53.6 Å². The lowest BCUT2D eigenvalue weighted by Gasteiger charge is -2.03. The Morgan fingerprint density at radius 3 is 3.14 bits per heavy atom. The first-order valence-electron chi connectivity index (χ1n) is 4.60. The van der Waals surface area contributed by atoms with Crippen LogP contribution in [0.2, 0.25) is 0 Å². The molecule has 0 aromatic carbocycles. The highest BCUT2D eigenvalue weighted by atomic mass is 127. The monoisotopic (exact) mass is 300 g/mol. The van der Waals surface area contributed by atoms with Gasteiger partial charge in [0, 0.05) is 12.2 Å². The van der Waals surface area contributed by atoms with Crippen LogP contribution in [-0.4, -0.2) is 21.2 Å². The summed E-state index contributed by atoms with van der Waals surface area (Å²) in [7, 11) is 0. The van der Waals surface area contributed by atoms with Crippen molar-refractivity contribution in [1.82, 2.24) is 15.2 Å². The van der Waals surface area contributed by atoms with Crippen molar-refractivity contribution < 1.29 is 0 Å². The molecule has 2 N–H and O–H groups in total. The SMILES string of the molecule is Ic1n[nH]c2ccnc(NC3CC3)c12. The highest BCUT2D eigenvalue weighted by Crippen LogP contribution is 2.29. The molecule has 0 spiro atoms. The van der Waals surface area contributed by atoms with E-state index in [0.29, 0.717) is 6.04 Å². The molecule has 2 aromatic heterocycles. The molecule has 5 heteroatoms. The minimum atomic E-state index is 0.624. The van der Waals surface area contributed by atoms with Crippen LogP contribution >= 0.6 is 22.6 Å². The first-order valence-corrected chi connectivity index (χ1v) is 5.67. The molecule has 14 heavy (non-hydrogen) atoms. The average Bonchev–Trinajstić information content (AvgIpc) is 2.91. The van der Waals surface area contributed by atoms with E-state index < -0.39 is 0 Å². The summed E-state index contributed by atoms with van der Waals surface area (Å²) in [4.78, 5) is 4.34. The van der Waals surface area contributed by atoms with E-state index in [1.165, 1.54) is 12.8 Å². The van der Waals surface area contributed by atoms with Gasteiger partial charge in [0.05, 0.1) is 10.9 Å². The lowest BCUT2D eigenvalue weighted by atomic mass is 10.3. The summed E-state index contributed by atoms with van der Waals surface area (Å²) in [5.41, 5.74) is 1.05. The second kappa shape index (κ2) is 3.08. The summed E-state index contributed by atoms with van der Waals surface area (Å²) in [6.07, 6.45) is 4.32. The van der Waals surface area contributed by atoms with Crippen molar-refractivity contribution >= 4 is 39.3 Å². The predicted molar refractivity (Wildman–Crippen MR) is 63.3 cm³/mol. The van der Waals surface area contributed by atoms with Gasteiger partial charge >= 0.3 is 0 Å². The summed E-state index contributed by atoms with van der Waals surface area (Å²) < 4.78 is 0.980. The highest BCUT2D eigenvalue weighted by molar-refractivity contribution is 14.1. The Morgan fingerprint density at radius 2 is 2.36 bits per heavy atom. The van der Waals surface area contributed by atoms with E-state index in [2.05, 4.69) is 43.1 Å². The smallest absolute Gasteiger partial charge is 0.138 e. The molecule has 0 atom stereocenters. The summed E-state index contributed by atoms with van der Waals surface area (Å²) in [6.45, 7) is 0. The number of nitrogens with one attached hydrogen (secondary N) is 2. The van der Waals surface area contributed by atoms with Crippen molar-refractivity contribution in [3.63, 3.8) is 0 Å². The summed E-state index contributed by atoms with van der Waals surface area (Å²) in [5, 5.41) is 11.7. The fourth-order valence-electron chi connectivity index (χ4n) is 1.46. The van der Waals surface area contributed by atoms with E-state index in [1.807, 2.05) is 6.07 Å². The molecular formula is C9H9IN4. The molecule has 1 aliphatic rings. The van der Waals surface area contributed by atoms with Crippen LogP contribution in [0.4, 0.5) is 5.82 Å². The zero-order valence-electron chi connectivity index (χ0n) is 7.42. The van der Waals surface area contributed by atoms with Crippen molar-refractivity contribution in [3.05, 3.63) is 16.0 Å². The predicted octanol–water partition coefficient (Wildman–Crippen LogP) is 2.14. The Morgan fingerprint density at radius 1 is 1.50 bits per heavy atom. The third-order valence-electron chi connectivity index (χ3n) is 2.35. The van der Waals surface area contributed by atoms with Crippen molar-refractivity contribution in [2.24, 2.45) is 0 Å². The molecule has 0 bridgehead atoms. The van der Waals surface area contributed by atoms with Gasteiger partial charge in [-0.15, -0.1) is 0 Å². The zero-order valence-corrected chi connectivity index (χ0v) is 9.58. The van der Waals surface area contributed by atoms with E-state index in [-0.39, 0.29) is 0 Å². The zero-order chi connectivity index (χ0) is 9.54. The normalized spacial score (nSPS) is 16.1. The van der Waals surface area contributed by atoms with Gasteiger partial charge in [-0.05, 0) is 41.5 Å².